The van der Waals surface area contributed by atoms with E-state index in [1.165, 1.54) is 4.52 Å². The molecule has 0 fully saturated rings. The van der Waals surface area contributed by atoms with Crippen LogP contribution in [0.25, 0.3) is 5.65 Å². The average Bonchev–Trinajstić information content (AvgIpc) is 3.19. The summed E-state index contributed by atoms with van der Waals surface area (Å²) in [5, 5.41) is 14.3. The van der Waals surface area contributed by atoms with E-state index >= 15 is 0 Å². The lowest BCUT2D eigenvalue weighted by Crippen LogP contribution is -2.26. The molecule has 0 bridgehead atoms. The number of hydrogen-bond donors (Lipinski definition) is 1. The first-order valence-corrected chi connectivity index (χ1v) is 8.28. The number of carbonyl (C=O) groups excluding carboxylic acids is 1. The van der Waals surface area contributed by atoms with E-state index in [0.717, 1.165) is 12.2 Å². The van der Waals surface area contributed by atoms with E-state index in [0.29, 0.717) is 11.3 Å². The fourth-order valence-corrected chi connectivity index (χ4v) is 2.74. The van der Waals surface area contributed by atoms with Gasteiger partial charge in [0.1, 0.15) is 6.04 Å². The number of amides is 1. The Hall–Kier alpha value is -2.35. The third-order valence-electron chi connectivity index (χ3n) is 3.37. The maximum Gasteiger partial charge on any atom is 0.247 e. The number of hydrogen-bond acceptors (Lipinski definition) is 5. The quantitative estimate of drug-likeness (QED) is 0.751. The molecule has 0 radical (unpaired) electrons. The van der Waals surface area contributed by atoms with E-state index in [2.05, 4.69) is 20.8 Å². The molecule has 3 aromatic rings. The summed E-state index contributed by atoms with van der Waals surface area (Å²) in [6, 6.07) is 7.18. The summed E-state index contributed by atoms with van der Waals surface area (Å²) in [6.45, 7) is 0. The molecule has 0 saturated carbocycles. The first-order chi connectivity index (χ1) is 10.8. The third-order valence-corrected chi connectivity index (χ3v) is 4.01. The molecule has 0 aliphatic rings. The number of thioether (sulfide) groups is 1. The van der Waals surface area contributed by atoms with Crippen LogP contribution in [0.1, 0.15) is 12.5 Å². The van der Waals surface area contributed by atoms with Gasteiger partial charge < -0.3 is 9.88 Å². The van der Waals surface area contributed by atoms with Gasteiger partial charge in [0.15, 0.2) is 0 Å². The number of carbonyl (C=O) groups is 1. The van der Waals surface area contributed by atoms with Crippen LogP contribution in [0.3, 0.4) is 0 Å². The number of tetrazole rings is 1. The fraction of sp³-hybridized carbons (Fsp3) is 0.286. The summed E-state index contributed by atoms with van der Waals surface area (Å²) in [6.07, 6.45) is 8.35. The van der Waals surface area contributed by atoms with Gasteiger partial charge in [-0.25, -0.2) is 0 Å². The molecule has 22 heavy (non-hydrogen) atoms. The molecule has 0 spiro atoms. The standard InChI is InChI=1S/C14H16N6OS/c1-22-10-6-12(19-7-2-3-8-19)14(21)15-11-5-4-9-20-13(11)16-17-18-20/h2-5,7-9,12H,6,10H2,1H3,(H,15,21)/t12-/m0/s1. The lowest BCUT2D eigenvalue weighted by Gasteiger charge is -2.18. The number of nitrogens with one attached hydrogen (secondary N) is 1. The van der Waals surface area contributed by atoms with Gasteiger partial charge in [0.2, 0.25) is 11.6 Å². The molecule has 3 rings (SSSR count). The highest BCUT2D eigenvalue weighted by atomic mass is 32.2. The molecule has 7 nitrogen and oxygen atoms in total. The van der Waals surface area contributed by atoms with Crippen molar-refractivity contribution >= 4 is 29.0 Å². The highest BCUT2D eigenvalue weighted by Gasteiger charge is 2.20. The van der Waals surface area contributed by atoms with Crippen molar-refractivity contribution in [1.82, 2.24) is 24.6 Å². The summed E-state index contributed by atoms with van der Waals surface area (Å²) in [4.78, 5) is 12.7. The molecule has 0 saturated heterocycles. The summed E-state index contributed by atoms with van der Waals surface area (Å²) in [7, 11) is 0. The molecule has 0 aliphatic carbocycles. The van der Waals surface area contributed by atoms with Crippen molar-refractivity contribution in [2.45, 2.75) is 12.5 Å². The predicted octanol–water partition coefficient (Wildman–Crippen LogP) is 1.86. The van der Waals surface area contributed by atoms with Crippen molar-refractivity contribution in [3.63, 3.8) is 0 Å². The van der Waals surface area contributed by atoms with Crippen molar-refractivity contribution < 1.29 is 4.79 Å². The van der Waals surface area contributed by atoms with Gasteiger partial charge >= 0.3 is 0 Å². The zero-order valence-electron chi connectivity index (χ0n) is 12.1. The topological polar surface area (TPSA) is 77.1 Å². The second-order valence-electron chi connectivity index (χ2n) is 4.79. The Morgan fingerprint density at radius 1 is 1.32 bits per heavy atom. The van der Waals surface area contributed by atoms with Gasteiger partial charge in [0, 0.05) is 18.6 Å². The van der Waals surface area contributed by atoms with Crippen molar-refractivity contribution in [2.24, 2.45) is 0 Å². The molecule has 1 N–H and O–H groups in total. The summed E-state index contributed by atoms with van der Waals surface area (Å²) < 4.78 is 3.45. The van der Waals surface area contributed by atoms with Crippen LogP contribution in [0.15, 0.2) is 42.9 Å². The molecule has 0 unspecified atom stereocenters. The Labute approximate surface area is 131 Å². The molecule has 114 valence electrons. The number of rotatable bonds is 6. The monoisotopic (exact) mass is 316 g/mol. The van der Waals surface area contributed by atoms with Crippen LogP contribution in [0.4, 0.5) is 5.69 Å². The largest absolute Gasteiger partial charge is 0.342 e. The van der Waals surface area contributed by atoms with Crippen LogP contribution in [0.5, 0.6) is 0 Å². The van der Waals surface area contributed by atoms with Crippen LogP contribution < -0.4 is 5.32 Å². The first kappa shape index (κ1) is 14.6. The highest BCUT2D eigenvalue weighted by Crippen LogP contribution is 2.19. The first-order valence-electron chi connectivity index (χ1n) is 6.88. The van der Waals surface area contributed by atoms with E-state index in [1.54, 1.807) is 30.1 Å². The second-order valence-corrected chi connectivity index (χ2v) is 5.77. The normalized spacial score (nSPS) is 12.4. The Morgan fingerprint density at radius 3 is 2.91 bits per heavy atom. The van der Waals surface area contributed by atoms with Crippen molar-refractivity contribution in [3.8, 4) is 0 Å². The fourth-order valence-electron chi connectivity index (χ4n) is 2.28. The molecular weight excluding hydrogens is 300 g/mol. The lowest BCUT2D eigenvalue weighted by molar-refractivity contribution is -0.119. The van der Waals surface area contributed by atoms with E-state index in [-0.39, 0.29) is 11.9 Å². The van der Waals surface area contributed by atoms with E-state index in [4.69, 9.17) is 0 Å². The molecule has 3 heterocycles. The van der Waals surface area contributed by atoms with Gasteiger partial charge in [-0.3, -0.25) is 4.79 Å². The van der Waals surface area contributed by atoms with Crippen LogP contribution >= 0.6 is 11.8 Å². The molecule has 1 amide bonds. The Kier molecular flexibility index (Phi) is 4.38. The molecule has 3 aromatic heterocycles. The van der Waals surface area contributed by atoms with Crippen molar-refractivity contribution in [1.29, 1.82) is 0 Å². The zero-order valence-corrected chi connectivity index (χ0v) is 12.9. The van der Waals surface area contributed by atoms with Gasteiger partial charge in [-0.2, -0.15) is 16.3 Å². The zero-order chi connectivity index (χ0) is 15.4. The Balaban J connectivity index is 1.83. The van der Waals surface area contributed by atoms with Crippen LogP contribution in [-0.4, -0.2) is 42.5 Å². The predicted molar refractivity (Wildman–Crippen MR) is 85.9 cm³/mol. The summed E-state index contributed by atoms with van der Waals surface area (Å²) >= 11 is 1.73. The van der Waals surface area contributed by atoms with E-state index in [9.17, 15) is 4.79 Å². The molecule has 0 aromatic carbocycles. The third kappa shape index (κ3) is 2.96. The summed E-state index contributed by atoms with van der Waals surface area (Å²) in [5.41, 5.74) is 1.14. The number of nitrogens with zero attached hydrogens (tertiary/aromatic N) is 5. The van der Waals surface area contributed by atoms with Gasteiger partial charge in [-0.15, -0.1) is 5.10 Å². The van der Waals surface area contributed by atoms with Gasteiger partial charge in [-0.1, -0.05) is 0 Å². The lowest BCUT2D eigenvalue weighted by atomic mass is 10.2. The molecule has 8 heteroatoms. The van der Waals surface area contributed by atoms with Gasteiger partial charge in [0.25, 0.3) is 0 Å². The van der Waals surface area contributed by atoms with Crippen molar-refractivity contribution in [3.05, 3.63) is 42.9 Å². The minimum Gasteiger partial charge on any atom is -0.342 e. The van der Waals surface area contributed by atoms with E-state index < -0.39 is 0 Å². The minimum absolute atomic E-state index is 0.0682. The maximum absolute atomic E-state index is 12.7. The van der Waals surface area contributed by atoms with Crippen LogP contribution in [0.2, 0.25) is 0 Å². The second kappa shape index (κ2) is 6.61. The molecule has 0 aliphatic heterocycles. The molecule has 1 atom stereocenters. The highest BCUT2D eigenvalue weighted by molar-refractivity contribution is 7.98. The Bertz CT molecular complexity index is 754. The number of pyridine rings is 1. The number of anilines is 1. The number of fused-ring (bicyclic) bond motifs is 1. The molecular formula is C14H16N6OS. The number of aromatic nitrogens is 5. The maximum atomic E-state index is 12.7. The SMILES string of the molecule is CSCC[C@@H](C(=O)Nc1cccn2nnnc12)n1cccc1. The van der Waals surface area contributed by atoms with Crippen LogP contribution in [-0.2, 0) is 4.79 Å². The summed E-state index contributed by atoms with van der Waals surface area (Å²) in [5.74, 6) is 0.841. The smallest absolute Gasteiger partial charge is 0.247 e. The van der Waals surface area contributed by atoms with Crippen LogP contribution in [0, 0.1) is 0 Å². The van der Waals surface area contributed by atoms with Gasteiger partial charge in [0.05, 0.1) is 5.69 Å². The minimum atomic E-state index is -0.251. The van der Waals surface area contributed by atoms with Gasteiger partial charge in [-0.05, 0) is 53.1 Å². The Morgan fingerprint density at radius 2 is 2.14 bits per heavy atom. The van der Waals surface area contributed by atoms with E-state index in [1.807, 2.05) is 35.3 Å². The average molecular weight is 316 g/mol. The van der Waals surface area contributed by atoms with Crippen molar-refractivity contribution in [2.75, 3.05) is 17.3 Å².